The second-order valence-electron chi connectivity index (χ2n) is 10.4. The number of halogens is 2. The van der Waals surface area contributed by atoms with Gasteiger partial charge in [0.15, 0.2) is 6.29 Å². The normalized spacial score (nSPS) is 21.8. The number of benzene rings is 2. The second-order valence-corrected chi connectivity index (χ2v) is 10.4. The number of hydrogen-bond donors (Lipinski definition) is 1. The summed E-state index contributed by atoms with van der Waals surface area (Å²) < 4.78 is 33.8. The molecule has 6 nitrogen and oxygen atoms in total. The molecule has 2 aliphatic rings. The van der Waals surface area contributed by atoms with Crippen molar-refractivity contribution < 1.29 is 28.2 Å². The molecule has 2 atom stereocenters. The van der Waals surface area contributed by atoms with Crippen LogP contribution in [0.15, 0.2) is 42.5 Å². The third-order valence-electron chi connectivity index (χ3n) is 7.01. The first-order chi connectivity index (χ1) is 17.5. The molecule has 2 fully saturated rings. The molecule has 8 heteroatoms. The molecule has 0 aliphatic carbocycles. The maximum absolute atomic E-state index is 13.7. The summed E-state index contributed by atoms with van der Waals surface area (Å²) in [4.78, 5) is 28.9. The van der Waals surface area contributed by atoms with Crippen LogP contribution < -0.4 is 0 Å². The Labute approximate surface area is 216 Å². The van der Waals surface area contributed by atoms with Crippen LogP contribution in [-0.2, 0) is 9.53 Å². The van der Waals surface area contributed by atoms with Crippen LogP contribution in [0.4, 0.5) is 8.78 Å². The summed E-state index contributed by atoms with van der Waals surface area (Å²) in [5, 5.41) is 9.82. The van der Waals surface area contributed by atoms with E-state index in [0.717, 1.165) is 12.4 Å². The quantitative estimate of drug-likeness (QED) is 0.485. The second kappa shape index (κ2) is 10.7. The molecule has 0 radical (unpaired) electrons. The average molecular weight is 511 g/mol. The zero-order chi connectivity index (χ0) is 26.8. The summed E-state index contributed by atoms with van der Waals surface area (Å²) >= 11 is 0. The highest BCUT2D eigenvalue weighted by molar-refractivity contribution is 5.94. The predicted molar refractivity (Wildman–Crippen MR) is 135 cm³/mol. The van der Waals surface area contributed by atoms with Gasteiger partial charge < -0.3 is 19.5 Å². The molecule has 0 saturated carbocycles. The molecule has 2 aliphatic heterocycles. The number of nitrogens with zero attached hydrogens (tertiary/aromatic N) is 2. The van der Waals surface area contributed by atoms with E-state index < -0.39 is 22.8 Å². The Balaban J connectivity index is 1.39. The van der Waals surface area contributed by atoms with E-state index in [2.05, 4.69) is 11.8 Å². The summed E-state index contributed by atoms with van der Waals surface area (Å²) in [5.74, 6) is 4.23. The minimum Gasteiger partial charge on any atom is -0.378 e. The molecule has 2 aromatic carbocycles. The van der Waals surface area contributed by atoms with Crippen LogP contribution >= 0.6 is 0 Å². The minimum atomic E-state index is -1.13. The van der Waals surface area contributed by atoms with Crippen LogP contribution in [0.25, 0.3) is 0 Å². The lowest BCUT2D eigenvalue weighted by atomic mass is 9.92. The van der Waals surface area contributed by atoms with Crippen molar-refractivity contribution >= 4 is 12.2 Å². The van der Waals surface area contributed by atoms with E-state index in [1.807, 2.05) is 11.9 Å². The monoisotopic (exact) mass is 510 g/mol. The van der Waals surface area contributed by atoms with Crippen LogP contribution in [0.5, 0.6) is 0 Å². The largest absolute Gasteiger partial charge is 0.378 e. The summed E-state index contributed by atoms with van der Waals surface area (Å²) in [5.41, 5.74) is -0.500. The summed E-state index contributed by atoms with van der Waals surface area (Å²) in [6, 6.07) is 10.2. The van der Waals surface area contributed by atoms with Gasteiger partial charge >= 0.3 is 0 Å². The van der Waals surface area contributed by atoms with Crippen molar-refractivity contribution in [3.05, 3.63) is 70.8 Å². The standard InChI is InChI=1S/C29H32F2N2O4/c1-28(2,36)10-9-20-5-4-6-21(15-20)27(35)33-13-11-29(19-34,12-14-33)37-26-8-7-25(32(26)3)22-16-23(30)18-24(31)17-22/h4-6,15-19,25-26,36H,7-8,11-14H2,1-3H3. The Hall–Kier alpha value is -3.12. The third kappa shape index (κ3) is 6.42. The van der Waals surface area contributed by atoms with Gasteiger partial charge in [0.1, 0.15) is 29.1 Å². The first-order valence-corrected chi connectivity index (χ1v) is 12.5. The van der Waals surface area contributed by atoms with E-state index >= 15 is 0 Å². The maximum Gasteiger partial charge on any atom is 0.253 e. The first kappa shape index (κ1) is 26.9. The molecule has 196 valence electrons. The average Bonchev–Trinajstić information content (AvgIpc) is 3.21. The van der Waals surface area contributed by atoms with Gasteiger partial charge in [0.05, 0.1) is 0 Å². The van der Waals surface area contributed by atoms with Crippen molar-refractivity contribution in [2.45, 2.75) is 63.0 Å². The Morgan fingerprint density at radius 2 is 1.81 bits per heavy atom. The molecule has 2 heterocycles. The van der Waals surface area contributed by atoms with Crippen LogP contribution in [0.2, 0.25) is 0 Å². The Bertz CT molecular complexity index is 1200. The van der Waals surface area contributed by atoms with E-state index in [0.29, 0.717) is 55.5 Å². The topological polar surface area (TPSA) is 70.1 Å². The molecule has 2 saturated heterocycles. The maximum atomic E-state index is 13.7. The number of carbonyl (C=O) groups excluding carboxylic acids is 2. The highest BCUT2D eigenvalue weighted by Gasteiger charge is 2.42. The van der Waals surface area contributed by atoms with Gasteiger partial charge in [-0.1, -0.05) is 17.9 Å². The van der Waals surface area contributed by atoms with Crippen LogP contribution in [0, 0.1) is 23.5 Å². The fourth-order valence-corrected chi connectivity index (χ4v) is 4.98. The number of likely N-dealkylation sites (tertiary alicyclic amines) is 2. The van der Waals surface area contributed by atoms with Gasteiger partial charge in [-0.2, -0.15) is 0 Å². The molecular weight excluding hydrogens is 478 g/mol. The van der Waals surface area contributed by atoms with Crippen LogP contribution in [-0.4, -0.2) is 64.7 Å². The summed E-state index contributed by atoms with van der Waals surface area (Å²) in [6.07, 6.45) is 2.42. The van der Waals surface area contributed by atoms with Crippen molar-refractivity contribution in [1.82, 2.24) is 9.80 Å². The van der Waals surface area contributed by atoms with Crippen LogP contribution in [0.1, 0.15) is 67.1 Å². The zero-order valence-electron chi connectivity index (χ0n) is 21.3. The Morgan fingerprint density at radius 3 is 2.43 bits per heavy atom. The van der Waals surface area contributed by atoms with E-state index in [1.165, 1.54) is 12.1 Å². The highest BCUT2D eigenvalue weighted by atomic mass is 19.1. The Morgan fingerprint density at radius 1 is 1.14 bits per heavy atom. The number of piperidine rings is 1. The number of amides is 1. The third-order valence-corrected chi connectivity index (χ3v) is 7.01. The molecule has 0 bridgehead atoms. The zero-order valence-corrected chi connectivity index (χ0v) is 21.3. The number of aliphatic hydroxyl groups is 1. The van der Waals surface area contributed by atoms with Gasteiger partial charge in [-0.25, -0.2) is 8.78 Å². The minimum absolute atomic E-state index is 0.155. The van der Waals surface area contributed by atoms with Gasteiger partial charge in [0, 0.05) is 49.2 Å². The van der Waals surface area contributed by atoms with Crippen molar-refractivity contribution in [3.8, 4) is 11.8 Å². The molecule has 0 aromatic heterocycles. The summed E-state index contributed by atoms with van der Waals surface area (Å²) in [7, 11) is 1.83. The number of ether oxygens (including phenoxy) is 1. The van der Waals surface area contributed by atoms with E-state index in [-0.39, 0.29) is 18.2 Å². The predicted octanol–water partition coefficient (Wildman–Crippen LogP) is 4.07. The highest BCUT2D eigenvalue weighted by Crippen LogP contribution is 2.39. The van der Waals surface area contributed by atoms with Gasteiger partial charge in [0.2, 0.25) is 0 Å². The lowest BCUT2D eigenvalue weighted by molar-refractivity contribution is -0.166. The van der Waals surface area contributed by atoms with Gasteiger partial charge in [-0.15, -0.1) is 0 Å². The molecular formula is C29H32F2N2O4. The van der Waals surface area contributed by atoms with Gasteiger partial charge in [-0.3, -0.25) is 9.69 Å². The smallest absolute Gasteiger partial charge is 0.253 e. The van der Waals surface area contributed by atoms with Crippen molar-refractivity contribution in [3.63, 3.8) is 0 Å². The van der Waals surface area contributed by atoms with Crippen LogP contribution in [0.3, 0.4) is 0 Å². The number of aldehydes is 1. The number of hydrogen-bond acceptors (Lipinski definition) is 5. The fraction of sp³-hybridized carbons (Fsp3) is 0.448. The van der Waals surface area contributed by atoms with E-state index in [9.17, 15) is 23.5 Å². The molecule has 2 aromatic rings. The van der Waals surface area contributed by atoms with Crippen molar-refractivity contribution in [2.24, 2.45) is 0 Å². The van der Waals surface area contributed by atoms with Gasteiger partial charge in [-0.05, 0) is 69.6 Å². The molecule has 1 N–H and O–H groups in total. The fourth-order valence-electron chi connectivity index (χ4n) is 4.98. The first-order valence-electron chi connectivity index (χ1n) is 12.5. The lowest BCUT2D eigenvalue weighted by Gasteiger charge is -2.41. The lowest BCUT2D eigenvalue weighted by Crippen LogP contribution is -2.51. The SMILES string of the molecule is CN1C(OC2(C=O)CCN(C(=O)c3cccc(C#CC(C)(C)O)c3)CC2)CCC1c1cc(F)cc(F)c1. The number of rotatable bonds is 5. The van der Waals surface area contributed by atoms with E-state index in [4.69, 9.17) is 4.74 Å². The summed E-state index contributed by atoms with van der Waals surface area (Å²) in [6.45, 7) is 3.89. The molecule has 37 heavy (non-hydrogen) atoms. The molecule has 2 unspecified atom stereocenters. The molecule has 0 spiro atoms. The molecule has 1 amide bonds. The van der Waals surface area contributed by atoms with E-state index in [1.54, 1.807) is 43.0 Å². The van der Waals surface area contributed by atoms with Crippen molar-refractivity contribution in [2.75, 3.05) is 20.1 Å². The number of carbonyl (C=O) groups is 2. The van der Waals surface area contributed by atoms with Gasteiger partial charge in [0.25, 0.3) is 5.91 Å². The molecule has 4 rings (SSSR count). The van der Waals surface area contributed by atoms with Crippen molar-refractivity contribution in [1.29, 1.82) is 0 Å². The Kier molecular flexibility index (Phi) is 7.79.